The molecule has 6 rings (SSSR count). The van der Waals surface area contributed by atoms with E-state index in [1.807, 2.05) is 0 Å². The summed E-state index contributed by atoms with van der Waals surface area (Å²) in [6.45, 7) is 3.18. The number of hydrogen-bond donors (Lipinski definition) is 3. The maximum atomic E-state index is 14.3. The van der Waals surface area contributed by atoms with Gasteiger partial charge in [0.2, 0.25) is 11.9 Å². The number of pyridine rings is 2. The second-order valence-electron chi connectivity index (χ2n) is 9.59. The SMILES string of the molecule is CC(=O)Nc1ncc(-c2ccc3ncc4c(=O)[nH]c(=O)n(-c5ccc(N6CCNCC6)c(C(F)(F)F)c5)c4c3n2)cn1. The molecule has 1 fully saturated rings. The average Bonchev–Trinajstić information content (AvgIpc) is 2.97. The molecule has 0 saturated carbocycles. The van der Waals surface area contributed by atoms with Gasteiger partial charge < -0.3 is 10.2 Å². The van der Waals surface area contributed by atoms with Crippen LogP contribution in [0.3, 0.4) is 0 Å². The van der Waals surface area contributed by atoms with Crippen LogP contribution in [0.25, 0.3) is 38.9 Å². The number of alkyl halides is 3. The Hall–Kier alpha value is -5.18. The van der Waals surface area contributed by atoms with Gasteiger partial charge in [-0.05, 0) is 30.3 Å². The maximum Gasteiger partial charge on any atom is 0.418 e. The summed E-state index contributed by atoms with van der Waals surface area (Å²) in [6, 6.07) is 6.88. The number of nitrogens with zero attached hydrogens (tertiary/aromatic N) is 6. The van der Waals surface area contributed by atoms with Crippen molar-refractivity contribution in [1.82, 2.24) is 34.8 Å². The molecule has 1 amide bonds. The number of anilines is 2. The van der Waals surface area contributed by atoms with Gasteiger partial charge in [0.1, 0.15) is 5.52 Å². The van der Waals surface area contributed by atoms with Gasteiger partial charge in [-0.25, -0.2) is 19.7 Å². The Morgan fingerprint density at radius 2 is 1.74 bits per heavy atom. The van der Waals surface area contributed by atoms with Crippen LogP contribution < -0.4 is 26.8 Å². The number of halogens is 3. The Morgan fingerprint density at radius 3 is 2.43 bits per heavy atom. The van der Waals surface area contributed by atoms with Gasteiger partial charge in [-0.2, -0.15) is 13.2 Å². The number of carbonyl (C=O) groups excluding carboxylic acids is 1. The molecular weight excluding hydrogens is 555 g/mol. The number of hydrogen-bond acceptors (Lipinski definition) is 9. The third-order valence-corrected chi connectivity index (χ3v) is 6.81. The minimum Gasteiger partial charge on any atom is -0.368 e. The van der Waals surface area contributed by atoms with Gasteiger partial charge in [0.05, 0.1) is 33.4 Å². The fourth-order valence-corrected chi connectivity index (χ4v) is 4.93. The lowest BCUT2D eigenvalue weighted by atomic mass is 10.1. The number of H-pyrrole nitrogens is 1. The van der Waals surface area contributed by atoms with Crippen LogP contribution in [0, 0.1) is 0 Å². The Balaban J connectivity index is 1.57. The Kier molecular flexibility index (Phi) is 6.65. The Morgan fingerprint density at radius 1 is 1.00 bits per heavy atom. The number of fused-ring (bicyclic) bond motifs is 3. The van der Waals surface area contributed by atoms with Crippen LogP contribution in [0.1, 0.15) is 12.5 Å². The highest BCUT2D eigenvalue weighted by Crippen LogP contribution is 2.38. The molecule has 0 unspecified atom stereocenters. The van der Waals surface area contributed by atoms with Crippen LogP contribution in [0.2, 0.25) is 0 Å². The lowest BCUT2D eigenvalue weighted by Crippen LogP contribution is -2.44. The largest absolute Gasteiger partial charge is 0.418 e. The van der Waals surface area contributed by atoms with Crippen LogP contribution in [0.4, 0.5) is 24.8 Å². The Labute approximate surface area is 234 Å². The van der Waals surface area contributed by atoms with Gasteiger partial charge in [0, 0.05) is 62.9 Å². The second-order valence-corrected chi connectivity index (χ2v) is 9.59. The van der Waals surface area contributed by atoms with E-state index in [0.29, 0.717) is 43.0 Å². The predicted octanol–water partition coefficient (Wildman–Crippen LogP) is 2.47. The average molecular weight is 578 g/mol. The number of carbonyl (C=O) groups is 1. The van der Waals surface area contributed by atoms with Crippen molar-refractivity contribution in [1.29, 1.82) is 0 Å². The maximum absolute atomic E-state index is 14.3. The number of piperazine rings is 1. The lowest BCUT2D eigenvalue weighted by Gasteiger charge is -2.31. The monoisotopic (exact) mass is 577 g/mol. The van der Waals surface area contributed by atoms with Gasteiger partial charge >= 0.3 is 11.9 Å². The van der Waals surface area contributed by atoms with Crippen molar-refractivity contribution in [3.63, 3.8) is 0 Å². The first-order valence-corrected chi connectivity index (χ1v) is 12.8. The van der Waals surface area contributed by atoms with Crippen molar-refractivity contribution < 1.29 is 18.0 Å². The highest BCUT2D eigenvalue weighted by molar-refractivity contribution is 6.01. The normalized spacial score (nSPS) is 14.0. The molecule has 1 aromatic carbocycles. The van der Waals surface area contributed by atoms with Crippen molar-refractivity contribution in [3.8, 4) is 16.9 Å². The molecular formula is C27H22F3N9O3. The van der Waals surface area contributed by atoms with E-state index in [1.165, 1.54) is 37.6 Å². The molecule has 15 heteroatoms. The van der Waals surface area contributed by atoms with Crippen LogP contribution in [-0.4, -0.2) is 61.6 Å². The molecule has 1 aliphatic heterocycles. The first kappa shape index (κ1) is 27.0. The van der Waals surface area contributed by atoms with E-state index in [-0.39, 0.29) is 39.6 Å². The Bertz CT molecular complexity index is 1970. The second kappa shape index (κ2) is 10.3. The first-order chi connectivity index (χ1) is 20.1. The smallest absolute Gasteiger partial charge is 0.368 e. The molecule has 1 saturated heterocycles. The van der Waals surface area contributed by atoms with E-state index < -0.39 is 23.0 Å². The van der Waals surface area contributed by atoms with Gasteiger partial charge in [-0.3, -0.25) is 29.4 Å². The van der Waals surface area contributed by atoms with E-state index in [4.69, 9.17) is 0 Å². The zero-order valence-electron chi connectivity index (χ0n) is 22.0. The van der Waals surface area contributed by atoms with E-state index >= 15 is 0 Å². The number of aromatic amines is 1. The molecule has 4 aromatic heterocycles. The molecule has 214 valence electrons. The summed E-state index contributed by atoms with van der Waals surface area (Å²) < 4.78 is 44.0. The zero-order valence-corrected chi connectivity index (χ0v) is 22.0. The van der Waals surface area contributed by atoms with Gasteiger partial charge in [0.25, 0.3) is 5.56 Å². The number of benzene rings is 1. The zero-order chi connectivity index (χ0) is 29.6. The van der Waals surface area contributed by atoms with E-state index in [9.17, 15) is 27.6 Å². The summed E-state index contributed by atoms with van der Waals surface area (Å²) >= 11 is 0. The molecule has 1 aliphatic rings. The summed E-state index contributed by atoms with van der Waals surface area (Å²) in [4.78, 5) is 58.2. The fraction of sp³-hybridized carbons (Fsp3) is 0.222. The summed E-state index contributed by atoms with van der Waals surface area (Å²) in [7, 11) is 0. The van der Waals surface area contributed by atoms with Gasteiger partial charge in [-0.1, -0.05) is 0 Å². The molecule has 5 aromatic rings. The highest BCUT2D eigenvalue weighted by atomic mass is 19.4. The summed E-state index contributed by atoms with van der Waals surface area (Å²) in [6.07, 6.45) is -0.611. The first-order valence-electron chi connectivity index (χ1n) is 12.8. The van der Waals surface area contributed by atoms with E-state index in [1.54, 1.807) is 17.0 Å². The van der Waals surface area contributed by atoms with E-state index in [0.717, 1.165) is 10.6 Å². The van der Waals surface area contributed by atoms with Crippen molar-refractivity contribution >= 4 is 39.5 Å². The molecule has 3 N–H and O–H groups in total. The number of nitrogens with one attached hydrogen (secondary N) is 3. The molecule has 12 nitrogen and oxygen atoms in total. The van der Waals surface area contributed by atoms with Crippen LogP contribution in [0.5, 0.6) is 0 Å². The highest BCUT2D eigenvalue weighted by Gasteiger charge is 2.36. The molecule has 42 heavy (non-hydrogen) atoms. The van der Waals surface area contributed by atoms with Crippen molar-refractivity contribution in [2.75, 3.05) is 36.4 Å². The molecule has 0 aliphatic carbocycles. The van der Waals surface area contributed by atoms with Gasteiger partial charge in [-0.15, -0.1) is 0 Å². The summed E-state index contributed by atoms with van der Waals surface area (Å²) in [5.41, 5.74) is -1.50. The minimum atomic E-state index is -4.71. The number of rotatable bonds is 4. The van der Waals surface area contributed by atoms with Crippen LogP contribution in [0.15, 0.2) is 58.5 Å². The van der Waals surface area contributed by atoms with E-state index in [2.05, 4.69) is 35.6 Å². The summed E-state index contributed by atoms with van der Waals surface area (Å²) in [5, 5.41) is 5.54. The minimum absolute atomic E-state index is 0.00387. The van der Waals surface area contributed by atoms with Crippen molar-refractivity contribution in [2.45, 2.75) is 13.1 Å². The topological polar surface area (TPSA) is 151 Å². The fourth-order valence-electron chi connectivity index (χ4n) is 4.93. The quantitative estimate of drug-likeness (QED) is 0.274. The third kappa shape index (κ3) is 4.94. The molecule has 0 spiro atoms. The number of amides is 1. The number of aromatic nitrogens is 6. The molecule has 0 bridgehead atoms. The van der Waals surface area contributed by atoms with Crippen molar-refractivity contribution in [3.05, 3.63) is 75.3 Å². The molecule has 0 atom stereocenters. The molecule has 5 heterocycles. The third-order valence-electron chi connectivity index (χ3n) is 6.81. The lowest BCUT2D eigenvalue weighted by molar-refractivity contribution is -0.137. The molecule has 0 radical (unpaired) electrons. The van der Waals surface area contributed by atoms with Crippen LogP contribution in [-0.2, 0) is 11.0 Å². The summed E-state index contributed by atoms with van der Waals surface area (Å²) in [5.74, 6) is -0.258. The predicted molar refractivity (Wildman–Crippen MR) is 149 cm³/mol. The van der Waals surface area contributed by atoms with Gasteiger partial charge in [0.15, 0.2) is 0 Å². The standard InChI is InChI=1S/C27H22F3N9O3/c1-14(40)35-25-33-11-15(12-34-25)19-3-4-20-22(36-19)23-17(13-32-20)24(41)37-26(42)39(23)16-2-5-21(18(10-16)27(28,29)30)38-8-6-31-7-9-38/h2-5,10-13,31H,6-9H2,1H3,(H,37,41,42)(H,33,34,35,40). The van der Waals surface area contributed by atoms with Crippen LogP contribution >= 0.6 is 0 Å². The van der Waals surface area contributed by atoms with Crippen molar-refractivity contribution in [2.24, 2.45) is 0 Å².